The molecule has 94 valence electrons. The summed E-state index contributed by atoms with van der Waals surface area (Å²) in [4.78, 5) is 13.5. The van der Waals surface area contributed by atoms with Crippen molar-refractivity contribution in [2.24, 2.45) is 17.6 Å². The van der Waals surface area contributed by atoms with Crippen LogP contribution in [0.3, 0.4) is 0 Å². The van der Waals surface area contributed by atoms with E-state index in [4.69, 9.17) is 5.73 Å². The highest BCUT2D eigenvalue weighted by Crippen LogP contribution is 2.19. The van der Waals surface area contributed by atoms with Crippen molar-refractivity contribution in [1.82, 2.24) is 10.2 Å². The summed E-state index contributed by atoms with van der Waals surface area (Å²) in [6, 6.07) is 0. The summed E-state index contributed by atoms with van der Waals surface area (Å²) in [5, 5.41) is 3.39. The smallest absolute Gasteiger partial charge is 0.220 e. The number of nitrogens with two attached hydrogens (primary N) is 1. The molecule has 1 amide bonds. The predicted molar refractivity (Wildman–Crippen MR) is 66.6 cm³/mol. The van der Waals surface area contributed by atoms with Gasteiger partial charge in [-0.05, 0) is 51.4 Å². The first-order valence-electron chi connectivity index (χ1n) is 5.98. The summed E-state index contributed by atoms with van der Waals surface area (Å²) < 4.78 is 0. The minimum Gasteiger partial charge on any atom is -0.369 e. The number of amides is 1. The fourth-order valence-corrected chi connectivity index (χ4v) is 2.64. The van der Waals surface area contributed by atoms with E-state index in [0.717, 1.165) is 38.4 Å². The van der Waals surface area contributed by atoms with Crippen LogP contribution in [-0.4, -0.2) is 43.5 Å². The highest BCUT2D eigenvalue weighted by atomic mass is 35.5. The van der Waals surface area contributed by atoms with E-state index in [9.17, 15) is 4.79 Å². The first-order chi connectivity index (χ1) is 7.25. The average Bonchev–Trinajstić information content (AvgIpc) is 2.71. The Morgan fingerprint density at radius 1 is 1.31 bits per heavy atom. The zero-order valence-electron chi connectivity index (χ0n) is 9.65. The summed E-state index contributed by atoms with van der Waals surface area (Å²) >= 11 is 0. The monoisotopic (exact) mass is 247 g/mol. The van der Waals surface area contributed by atoms with Crippen molar-refractivity contribution in [3.8, 4) is 0 Å². The van der Waals surface area contributed by atoms with Crippen LogP contribution in [0.4, 0.5) is 0 Å². The molecule has 0 aromatic rings. The maximum Gasteiger partial charge on any atom is 0.220 e. The van der Waals surface area contributed by atoms with Gasteiger partial charge in [0.2, 0.25) is 5.91 Å². The third-order valence-electron chi connectivity index (χ3n) is 3.67. The number of primary amides is 1. The van der Waals surface area contributed by atoms with E-state index in [2.05, 4.69) is 10.2 Å². The lowest BCUT2D eigenvalue weighted by atomic mass is 9.95. The minimum atomic E-state index is -0.114. The number of likely N-dealkylation sites (tertiary alicyclic amines) is 1. The van der Waals surface area contributed by atoms with Crippen LogP contribution in [-0.2, 0) is 4.79 Å². The Bertz CT molecular complexity index is 223. The number of carbonyl (C=O) groups excluding carboxylic acids is 1. The Hall–Kier alpha value is -0.320. The Balaban J connectivity index is 0.00000128. The molecule has 0 aromatic heterocycles. The molecule has 2 saturated heterocycles. The van der Waals surface area contributed by atoms with Crippen molar-refractivity contribution >= 4 is 18.3 Å². The highest BCUT2D eigenvalue weighted by Gasteiger charge is 2.25. The summed E-state index contributed by atoms with van der Waals surface area (Å²) in [5.74, 6) is 0.829. The maximum atomic E-state index is 11.0. The number of nitrogens with zero attached hydrogens (tertiary/aromatic N) is 1. The van der Waals surface area contributed by atoms with Gasteiger partial charge in [-0.3, -0.25) is 4.79 Å². The SMILES string of the molecule is Cl.NC(=O)C1CCN(CC2CCNC2)CC1. The second-order valence-electron chi connectivity index (χ2n) is 4.84. The van der Waals surface area contributed by atoms with E-state index in [1.165, 1.54) is 19.5 Å². The molecule has 4 nitrogen and oxygen atoms in total. The highest BCUT2D eigenvalue weighted by molar-refractivity contribution is 5.85. The van der Waals surface area contributed by atoms with E-state index in [0.29, 0.717) is 0 Å². The van der Waals surface area contributed by atoms with Crippen LogP contribution in [0.25, 0.3) is 0 Å². The molecule has 3 N–H and O–H groups in total. The van der Waals surface area contributed by atoms with Gasteiger partial charge >= 0.3 is 0 Å². The van der Waals surface area contributed by atoms with Gasteiger partial charge in [0.15, 0.2) is 0 Å². The lowest BCUT2D eigenvalue weighted by molar-refractivity contribution is -0.123. The number of piperidine rings is 1. The molecule has 0 saturated carbocycles. The molecule has 5 heteroatoms. The van der Waals surface area contributed by atoms with Gasteiger partial charge in [0.05, 0.1) is 0 Å². The molecule has 2 rings (SSSR count). The summed E-state index contributed by atoms with van der Waals surface area (Å²) in [7, 11) is 0. The fraction of sp³-hybridized carbons (Fsp3) is 0.909. The quantitative estimate of drug-likeness (QED) is 0.750. The fourth-order valence-electron chi connectivity index (χ4n) is 2.64. The van der Waals surface area contributed by atoms with Gasteiger partial charge in [0.25, 0.3) is 0 Å². The van der Waals surface area contributed by atoms with Crippen LogP contribution >= 0.6 is 12.4 Å². The zero-order chi connectivity index (χ0) is 10.7. The summed E-state index contributed by atoms with van der Waals surface area (Å²) in [6.07, 6.45) is 3.21. The summed E-state index contributed by atoms with van der Waals surface area (Å²) in [6.45, 7) is 5.62. The molecule has 0 spiro atoms. The maximum absolute atomic E-state index is 11.0. The molecule has 0 radical (unpaired) electrons. The minimum absolute atomic E-state index is 0. The Kier molecular flexibility index (Phi) is 5.52. The van der Waals surface area contributed by atoms with Crippen LogP contribution in [0.1, 0.15) is 19.3 Å². The van der Waals surface area contributed by atoms with Crippen molar-refractivity contribution in [2.45, 2.75) is 19.3 Å². The topological polar surface area (TPSA) is 58.4 Å². The lowest BCUT2D eigenvalue weighted by Gasteiger charge is -2.32. The van der Waals surface area contributed by atoms with Crippen LogP contribution < -0.4 is 11.1 Å². The van der Waals surface area contributed by atoms with Crippen molar-refractivity contribution in [2.75, 3.05) is 32.7 Å². The van der Waals surface area contributed by atoms with Crippen molar-refractivity contribution < 1.29 is 4.79 Å². The van der Waals surface area contributed by atoms with Gasteiger partial charge in [0, 0.05) is 12.5 Å². The number of hydrogen-bond acceptors (Lipinski definition) is 3. The first kappa shape index (κ1) is 13.7. The lowest BCUT2D eigenvalue weighted by Crippen LogP contribution is -2.40. The third-order valence-corrected chi connectivity index (χ3v) is 3.67. The van der Waals surface area contributed by atoms with Gasteiger partial charge < -0.3 is 16.0 Å². The normalized spacial score (nSPS) is 27.6. The second-order valence-corrected chi connectivity index (χ2v) is 4.84. The van der Waals surface area contributed by atoms with E-state index >= 15 is 0 Å². The molecule has 2 aliphatic heterocycles. The standard InChI is InChI=1S/C11H21N3O.ClH/c12-11(15)10-2-5-14(6-3-10)8-9-1-4-13-7-9;/h9-10,13H,1-8H2,(H2,12,15);1H. The van der Waals surface area contributed by atoms with Gasteiger partial charge in [0.1, 0.15) is 0 Å². The van der Waals surface area contributed by atoms with Gasteiger partial charge in [-0.25, -0.2) is 0 Å². The number of rotatable bonds is 3. The molecule has 0 aliphatic carbocycles. The van der Waals surface area contributed by atoms with Crippen molar-refractivity contribution in [3.63, 3.8) is 0 Å². The molecular weight excluding hydrogens is 226 g/mol. The van der Waals surface area contributed by atoms with Crippen molar-refractivity contribution in [1.29, 1.82) is 0 Å². The first-order valence-corrected chi connectivity index (χ1v) is 5.98. The summed E-state index contributed by atoms with van der Waals surface area (Å²) in [5.41, 5.74) is 5.31. The molecule has 1 unspecified atom stereocenters. The molecular formula is C11H22ClN3O. The van der Waals surface area contributed by atoms with Gasteiger partial charge in [-0.1, -0.05) is 0 Å². The Morgan fingerprint density at radius 3 is 2.50 bits per heavy atom. The molecule has 1 atom stereocenters. The number of halogens is 1. The molecule has 2 aliphatic rings. The largest absolute Gasteiger partial charge is 0.369 e. The number of carbonyl (C=O) groups is 1. The molecule has 16 heavy (non-hydrogen) atoms. The number of hydrogen-bond donors (Lipinski definition) is 2. The molecule has 0 bridgehead atoms. The van der Waals surface area contributed by atoms with E-state index < -0.39 is 0 Å². The Labute approximate surface area is 103 Å². The van der Waals surface area contributed by atoms with Crippen LogP contribution in [0.15, 0.2) is 0 Å². The van der Waals surface area contributed by atoms with Crippen LogP contribution in [0.2, 0.25) is 0 Å². The van der Waals surface area contributed by atoms with Crippen LogP contribution in [0, 0.1) is 11.8 Å². The number of nitrogens with one attached hydrogen (secondary N) is 1. The molecule has 2 fully saturated rings. The van der Waals surface area contributed by atoms with Gasteiger partial charge in [-0.15, -0.1) is 12.4 Å². The third kappa shape index (κ3) is 3.61. The van der Waals surface area contributed by atoms with Gasteiger partial charge in [-0.2, -0.15) is 0 Å². The van der Waals surface area contributed by atoms with Crippen LogP contribution in [0.5, 0.6) is 0 Å². The van der Waals surface area contributed by atoms with E-state index in [1.807, 2.05) is 0 Å². The predicted octanol–water partition coefficient (Wildman–Crippen LogP) is 0.215. The van der Waals surface area contributed by atoms with E-state index in [-0.39, 0.29) is 24.2 Å². The second kappa shape index (κ2) is 6.42. The van der Waals surface area contributed by atoms with Crippen molar-refractivity contribution in [3.05, 3.63) is 0 Å². The molecule has 2 heterocycles. The zero-order valence-corrected chi connectivity index (χ0v) is 10.5. The molecule has 0 aromatic carbocycles. The van der Waals surface area contributed by atoms with E-state index in [1.54, 1.807) is 0 Å². The Morgan fingerprint density at radius 2 is 2.00 bits per heavy atom. The average molecular weight is 248 g/mol.